The van der Waals surface area contributed by atoms with Crippen molar-refractivity contribution in [2.24, 2.45) is 5.92 Å². The van der Waals surface area contributed by atoms with Crippen LogP contribution in [0, 0.1) is 25.6 Å². The summed E-state index contributed by atoms with van der Waals surface area (Å²) in [6.45, 7) is 6.34. The van der Waals surface area contributed by atoms with Crippen LogP contribution in [-0.4, -0.2) is 41.5 Å². The first kappa shape index (κ1) is 24.1. The van der Waals surface area contributed by atoms with E-state index in [1.165, 1.54) is 16.4 Å². The smallest absolute Gasteiger partial charge is 0.243 e. The minimum atomic E-state index is -3.56. The number of piperidine rings is 1. The topological polar surface area (TPSA) is 84.3 Å². The Hall–Kier alpha value is -3.04. The molecule has 1 aliphatic rings. The molecule has 1 aromatic heterocycles. The monoisotopic (exact) mass is 484 g/mol. The molecule has 0 saturated carbocycles. The summed E-state index contributed by atoms with van der Waals surface area (Å²) in [5.41, 5.74) is 3.48. The molecule has 180 valence electrons. The van der Waals surface area contributed by atoms with Crippen LogP contribution in [0.4, 0.5) is 4.39 Å². The standard InChI is InChI=1S/C25H29FN4O3S/c1-17-4-10-23(11-5-17)34(32,33)29-14-12-20(13-15-29)25(31)28-18(2)24-16-27-30(19(24)3)22-8-6-21(26)7-9-22/h4-11,16,18,20H,12-15H2,1-3H3,(H,28,31). The molecule has 1 unspecified atom stereocenters. The Kier molecular flexibility index (Phi) is 6.86. The zero-order valence-electron chi connectivity index (χ0n) is 19.5. The molecule has 7 nitrogen and oxygen atoms in total. The Labute approximate surface area is 199 Å². The second-order valence-electron chi connectivity index (χ2n) is 8.80. The summed E-state index contributed by atoms with van der Waals surface area (Å²) in [5, 5.41) is 7.45. The van der Waals surface area contributed by atoms with Crippen molar-refractivity contribution in [3.05, 3.63) is 77.4 Å². The number of nitrogens with one attached hydrogen (secondary N) is 1. The fourth-order valence-corrected chi connectivity index (χ4v) is 5.79. The van der Waals surface area contributed by atoms with Crippen LogP contribution in [-0.2, 0) is 14.8 Å². The van der Waals surface area contributed by atoms with Crippen LogP contribution in [0.3, 0.4) is 0 Å². The molecule has 0 radical (unpaired) electrons. The molecule has 2 heterocycles. The van der Waals surface area contributed by atoms with Gasteiger partial charge in [0.2, 0.25) is 15.9 Å². The molecule has 1 N–H and O–H groups in total. The lowest BCUT2D eigenvalue weighted by Crippen LogP contribution is -2.43. The quantitative estimate of drug-likeness (QED) is 0.575. The maximum absolute atomic E-state index is 13.2. The van der Waals surface area contributed by atoms with Crippen molar-refractivity contribution < 1.29 is 17.6 Å². The molecular formula is C25H29FN4O3S. The van der Waals surface area contributed by atoms with Gasteiger partial charge in [-0.2, -0.15) is 9.40 Å². The SMILES string of the molecule is Cc1ccc(S(=O)(=O)N2CCC(C(=O)NC(C)c3cnn(-c4ccc(F)cc4)c3C)CC2)cc1. The van der Waals surface area contributed by atoms with Crippen molar-refractivity contribution in [3.8, 4) is 5.69 Å². The van der Waals surface area contributed by atoms with E-state index in [0.29, 0.717) is 25.9 Å². The predicted molar refractivity (Wildman–Crippen MR) is 127 cm³/mol. The van der Waals surface area contributed by atoms with Crippen LogP contribution >= 0.6 is 0 Å². The van der Waals surface area contributed by atoms with E-state index in [4.69, 9.17) is 0 Å². The third kappa shape index (κ3) is 4.90. The fourth-order valence-electron chi connectivity index (χ4n) is 4.32. The van der Waals surface area contributed by atoms with Crippen molar-refractivity contribution in [1.82, 2.24) is 19.4 Å². The van der Waals surface area contributed by atoms with Crippen molar-refractivity contribution in [2.45, 2.75) is 44.6 Å². The molecular weight excluding hydrogens is 455 g/mol. The summed E-state index contributed by atoms with van der Waals surface area (Å²) in [4.78, 5) is 13.2. The lowest BCUT2D eigenvalue weighted by molar-refractivity contribution is -0.126. The second kappa shape index (κ2) is 9.68. The number of amides is 1. The molecule has 4 rings (SSSR count). The molecule has 0 spiro atoms. The largest absolute Gasteiger partial charge is 0.349 e. The number of benzene rings is 2. The van der Waals surface area contributed by atoms with E-state index < -0.39 is 10.0 Å². The second-order valence-corrected chi connectivity index (χ2v) is 10.7. The average Bonchev–Trinajstić information content (AvgIpc) is 3.21. The van der Waals surface area contributed by atoms with Gasteiger partial charge in [-0.25, -0.2) is 17.5 Å². The van der Waals surface area contributed by atoms with E-state index in [2.05, 4.69) is 10.4 Å². The van der Waals surface area contributed by atoms with Crippen LogP contribution in [0.15, 0.2) is 59.6 Å². The van der Waals surface area contributed by atoms with Gasteiger partial charge in [-0.05, 0) is 70.0 Å². The number of halogens is 1. The molecule has 1 saturated heterocycles. The van der Waals surface area contributed by atoms with Gasteiger partial charge < -0.3 is 5.32 Å². The van der Waals surface area contributed by atoms with Gasteiger partial charge in [-0.15, -0.1) is 0 Å². The van der Waals surface area contributed by atoms with Crippen molar-refractivity contribution >= 4 is 15.9 Å². The summed E-state index contributed by atoms with van der Waals surface area (Å²) in [6.07, 6.45) is 2.65. The molecule has 2 aromatic carbocycles. The molecule has 0 bridgehead atoms. The van der Waals surface area contributed by atoms with Gasteiger partial charge in [0.15, 0.2) is 0 Å². The maximum Gasteiger partial charge on any atom is 0.243 e. The zero-order chi connectivity index (χ0) is 24.5. The minimum absolute atomic E-state index is 0.0891. The highest BCUT2D eigenvalue weighted by atomic mass is 32.2. The molecule has 1 atom stereocenters. The van der Waals surface area contributed by atoms with E-state index in [-0.39, 0.29) is 28.6 Å². The van der Waals surface area contributed by atoms with Crippen LogP contribution in [0.25, 0.3) is 5.69 Å². The molecule has 1 aliphatic heterocycles. The van der Waals surface area contributed by atoms with E-state index in [1.54, 1.807) is 47.3 Å². The average molecular weight is 485 g/mol. The van der Waals surface area contributed by atoms with Crippen molar-refractivity contribution in [3.63, 3.8) is 0 Å². The molecule has 1 amide bonds. The van der Waals surface area contributed by atoms with Crippen LogP contribution in [0.5, 0.6) is 0 Å². The normalized spacial score (nSPS) is 16.4. The number of rotatable bonds is 6. The first-order valence-corrected chi connectivity index (χ1v) is 12.8. The van der Waals surface area contributed by atoms with Gasteiger partial charge in [0.1, 0.15) is 5.82 Å². The lowest BCUT2D eigenvalue weighted by Gasteiger charge is -2.31. The number of aryl methyl sites for hydroxylation is 1. The lowest BCUT2D eigenvalue weighted by atomic mass is 9.96. The van der Waals surface area contributed by atoms with E-state index >= 15 is 0 Å². The van der Waals surface area contributed by atoms with Crippen molar-refractivity contribution in [2.75, 3.05) is 13.1 Å². The first-order valence-electron chi connectivity index (χ1n) is 11.3. The Morgan fingerprint density at radius 2 is 1.68 bits per heavy atom. The fraction of sp³-hybridized carbons (Fsp3) is 0.360. The highest BCUT2D eigenvalue weighted by Gasteiger charge is 2.32. The first-order chi connectivity index (χ1) is 16.2. The molecule has 34 heavy (non-hydrogen) atoms. The number of carbonyl (C=O) groups excluding carboxylic acids is 1. The summed E-state index contributed by atoms with van der Waals surface area (Å²) in [5.74, 6) is -0.652. The van der Waals surface area contributed by atoms with E-state index in [0.717, 1.165) is 22.5 Å². The van der Waals surface area contributed by atoms with Crippen LogP contribution in [0.1, 0.15) is 42.6 Å². The molecule has 9 heteroatoms. The highest BCUT2D eigenvalue weighted by molar-refractivity contribution is 7.89. The minimum Gasteiger partial charge on any atom is -0.349 e. The van der Waals surface area contributed by atoms with Gasteiger partial charge in [0.05, 0.1) is 22.8 Å². The summed E-state index contributed by atoms with van der Waals surface area (Å²) in [6, 6.07) is 12.6. The maximum atomic E-state index is 13.2. The third-order valence-electron chi connectivity index (χ3n) is 6.43. The van der Waals surface area contributed by atoms with Gasteiger partial charge in [-0.1, -0.05) is 17.7 Å². The van der Waals surface area contributed by atoms with Gasteiger partial charge >= 0.3 is 0 Å². The zero-order valence-corrected chi connectivity index (χ0v) is 20.3. The van der Waals surface area contributed by atoms with E-state index in [1.807, 2.05) is 20.8 Å². The van der Waals surface area contributed by atoms with Gasteiger partial charge in [0, 0.05) is 30.3 Å². The number of sulfonamides is 1. The number of aromatic nitrogens is 2. The van der Waals surface area contributed by atoms with Crippen LogP contribution in [0.2, 0.25) is 0 Å². The number of carbonyl (C=O) groups is 1. The summed E-state index contributed by atoms with van der Waals surface area (Å²) < 4.78 is 42.2. The molecule has 3 aromatic rings. The molecule has 1 fully saturated rings. The molecule has 0 aliphatic carbocycles. The Morgan fingerprint density at radius 1 is 1.06 bits per heavy atom. The highest BCUT2D eigenvalue weighted by Crippen LogP contribution is 2.26. The number of nitrogens with zero attached hydrogens (tertiary/aromatic N) is 3. The van der Waals surface area contributed by atoms with Gasteiger partial charge in [0.25, 0.3) is 0 Å². The summed E-state index contributed by atoms with van der Waals surface area (Å²) in [7, 11) is -3.56. The predicted octanol–water partition coefficient (Wildman–Crippen LogP) is 3.91. The van der Waals surface area contributed by atoms with E-state index in [9.17, 15) is 17.6 Å². The summed E-state index contributed by atoms with van der Waals surface area (Å²) >= 11 is 0. The number of hydrogen-bond donors (Lipinski definition) is 1. The van der Waals surface area contributed by atoms with Gasteiger partial charge in [-0.3, -0.25) is 4.79 Å². The number of hydrogen-bond acceptors (Lipinski definition) is 4. The Balaban J connectivity index is 1.37. The van der Waals surface area contributed by atoms with Crippen molar-refractivity contribution in [1.29, 1.82) is 0 Å². The Bertz CT molecular complexity index is 1260. The third-order valence-corrected chi connectivity index (χ3v) is 8.34. The Morgan fingerprint density at radius 3 is 2.29 bits per heavy atom. The van der Waals surface area contributed by atoms with Crippen LogP contribution < -0.4 is 5.32 Å².